The molecule has 16 heavy (non-hydrogen) atoms. The predicted octanol–water partition coefficient (Wildman–Crippen LogP) is 2.36. The maximum absolute atomic E-state index is 8.84. The van der Waals surface area contributed by atoms with Crippen LogP contribution in [0.15, 0.2) is 12.1 Å². The topological polar surface area (TPSA) is 51.5 Å². The van der Waals surface area contributed by atoms with Crippen LogP contribution >= 0.6 is 0 Å². The highest BCUT2D eigenvalue weighted by Gasteiger charge is 2.13. The summed E-state index contributed by atoms with van der Waals surface area (Å²) in [6, 6.07) is 5.31. The zero-order valence-corrected chi connectivity index (χ0v) is 9.74. The smallest absolute Gasteiger partial charge is 0.203 e. The molecule has 0 bridgehead atoms. The molecule has 0 aliphatic rings. The summed E-state index contributed by atoms with van der Waals surface area (Å²) in [5.74, 6) is 1.58. The zero-order chi connectivity index (χ0) is 12.0. The SMILES string of the molecule is CCCOc1c(OC)cc(C#N)cc1OC. The summed E-state index contributed by atoms with van der Waals surface area (Å²) in [6.07, 6.45) is 0.895. The molecule has 0 amide bonds. The minimum absolute atomic E-state index is 0.484. The van der Waals surface area contributed by atoms with Gasteiger partial charge in [0.05, 0.1) is 32.5 Å². The van der Waals surface area contributed by atoms with Crippen LogP contribution in [-0.4, -0.2) is 20.8 Å². The average Bonchev–Trinajstić information content (AvgIpc) is 2.35. The fourth-order valence-electron chi connectivity index (χ4n) is 1.29. The molecule has 1 aromatic rings. The maximum atomic E-state index is 8.84. The third kappa shape index (κ3) is 2.57. The second kappa shape index (κ2) is 5.86. The van der Waals surface area contributed by atoms with E-state index in [9.17, 15) is 0 Å². The van der Waals surface area contributed by atoms with E-state index in [4.69, 9.17) is 19.5 Å². The molecule has 0 saturated carbocycles. The molecule has 1 aromatic carbocycles. The van der Waals surface area contributed by atoms with Crippen molar-refractivity contribution in [2.75, 3.05) is 20.8 Å². The van der Waals surface area contributed by atoms with E-state index in [1.165, 1.54) is 14.2 Å². The van der Waals surface area contributed by atoms with Gasteiger partial charge in [-0.25, -0.2) is 0 Å². The van der Waals surface area contributed by atoms with E-state index < -0.39 is 0 Å². The highest BCUT2D eigenvalue weighted by atomic mass is 16.5. The molecule has 0 fully saturated rings. The van der Waals surface area contributed by atoms with Crippen LogP contribution in [0, 0.1) is 11.3 Å². The summed E-state index contributed by atoms with van der Waals surface area (Å²) in [7, 11) is 3.07. The Morgan fingerprint density at radius 3 is 2.12 bits per heavy atom. The number of nitrogens with zero attached hydrogens (tertiary/aromatic N) is 1. The zero-order valence-electron chi connectivity index (χ0n) is 9.74. The van der Waals surface area contributed by atoms with Gasteiger partial charge in [0.25, 0.3) is 0 Å². The highest BCUT2D eigenvalue weighted by molar-refractivity contribution is 5.56. The molecule has 0 radical (unpaired) electrons. The molecule has 0 aromatic heterocycles. The Bertz CT molecular complexity index is 371. The van der Waals surface area contributed by atoms with Crippen LogP contribution in [0.5, 0.6) is 17.2 Å². The molecule has 0 aliphatic heterocycles. The second-order valence-electron chi connectivity index (χ2n) is 3.17. The third-order valence-corrected chi connectivity index (χ3v) is 2.04. The van der Waals surface area contributed by atoms with Gasteiger partial charge in [0.15, 0.2) is 11.5 Å². The standard InChI is InChI=1S/C12H15NO3/c1-4-5-16-12-10(14-2)6-9(8-13)7-11(12)15-3/h6-7H,4-5H2,1-3H3. The van der Waals surface area contributed by atoms with E-state index in [-0.39, 0.29) is 0 Å². The minimum Gasteiger partial charge on any atom is -0.493 e. The molecule has 0 spiro atoms. The van der Waals surface area contributed by atoms with Gasteiger partial charge < -0.3 is 14.2 Å². The first kappa shape index (κ1) is 12.2. The summed E-state index contributed by atoms with van der Waals surface area (Å²) in [5.41, 5.74) is 0.484. The molecule has 86 valence electrons. The normalized spacial score (nSPS) is 9.38. The molecule has 0 aliphatic carbocycles. The number of benzene rings is 1. The number of ether oxygens (including phenoxy) is 3. The fraction of sp³-hybridized carbons (Fsp3) is 0.417. The van der Waals surface area contributed by atoms with Gasteiger partial charge in [-0.1, -0.05) is 6.92 Å². The van der Waals surface area contributed by atoms with Crippen molar-refractivity contribution in [3.05, 3.63) is 17.7 Å². The van der Waals surface area contributed by atoms with Crippen LogP contribution in [0.1, 0.15) is 18.9 Å². The van der Waals surface area contributed by atoms with Crippen molar-refractivity contribution in [2.45, 2.75) is 13.3 Å². The van der Waals surface area contributed by atoms with Gasteiger partial charge in [-0.3, -0.25) is 0 Å². The number of rotatable bonds is 5. The second-order valence-corrected chi connectivity index (χ2v) is 3.17. The molecule has 0 heterocycles. The number of nitriles is 1. The Balaban J connectivity index is 3.16. The molecule has 4 heteroatoms. The molecule has 0 unspecified atom stereocenters. The van der Waals surface area contributed by atoms with Crippen molar-refractivity contribution in [3.63, 3.8) is 0 Å². The van der Waals surface area contributed by atoms with Crippen LogP contribution in [-0.2, 0) is 0 Å². The van der Waals surface area contributed by atoms with Crippen molar-refractivity contribution in [1.82, 2.24) is 0 Å². The van der Waals surface area contributed by atoms with Crippen LogP contribution in [0.25, 0.3) is 0 Å². The van der Waals surface area contributed by atoms with Crippen LogP contribution in [0.4, 0.5) is 0 Å². The Morgan fingerprint density at radius 1 is 1.19 bits per heavy atom. The van der Waals surface area contributed by atoms with Gasteiger partial charge in [-0.05, 0) is 6.42 Å². The van der Waals surface area contributed by atoms with E-state index in [0.29, 0.717) is 29.4 Å². The van der Waals surface area contributed by atoms with Gasteiger partial charge in [0.1, 0.15) is 0 Å². The van der Waals surface area contributed by atoms with Crippen molar-refractivity contribution in [3.8, 4) is 23.3 Å². The van der Waals surface area contributed by atoms with E-state index in [2.05, 4.69) is 0 Å². The van der Waals surface area contributed by atoms with Gasteiger partial charge in [0, 0.05) is 12.1 Å². The van der Waals surface area contributed by atoms with Crippen LogP contribution in [0.2, 0.25) is 0 Å². The molecule has 4 nitrogen and oxygen atoms in total. The summed E-state index contributed by atoms with van der Waals surface area (Å²) in [6.45, 7) is 2.60. The van der Waals surface area contributed by atoms with Crippen LogP contribution < -0.4 is 14.2 Å². The van der Waals surface area contributed by atoms with E-state index in [0.717, 1.165) is 6.42 Å². The van der Waals surface area contributed by atoms with Crippen LogP contribution in [0.3, 0.4) is 0 Å². The van der Waals surface area contributed by atoms with Gasteiger partial charge in [0.2, 0.25) is 5.75 Å². The monoisotopic (exact) mass is 221 g/mol. The molecule has 0 saturated heterocycles. The number of methoxy groups -OCH3 is 2. The maximum Gasteiger partial charge on any atom is 0.203 e. The first-order valence-electron chi connectivity index (χ1n) is 5.05. The van der Waals surface area contributed by atoms with Gasteiger partial charge >= 0.3 is 0 Å². The number of hydrogen-bond donors (Lipinski definition) is 0. The molecule has 0 atom stereocenters. The molecule has 0 N–H and O–H groups in total. The lowest BCUT2D eigenvalue weighted by Gasteiger charge is -2.14. The van der Waals surface area contributed by atoms with Gasteiger partial charge in [-0.2, -0.15) is 5.26 Å². The summed E-state index contributed by atoms with van der Waals surface area (Å²) in [5, 5.41) is 8.84. The lowest BCUT2D eigenvalue weighted by atomic mass is 10.2. The van der Waals surface area contributed by atoms with E-state index in [1.54, 1.807) is 12.1 Å². The first-order valence-corrected chi connectivity index (χ1v) is 5.05. The average molecular weight is 221 g/mol. The van der Waals surface area contributed by atoms with Crippen molar-refractivity contribution in [1.29, 1.82) is 5.26 Å². The Hall–Kier alpha value is -1.89. The Labute approximate surface area is 95.4 Å². The fourth-order valence-corrected chi connectivity index (χ4v) is 1.29. The Morgan fingerprint density at radius 2 is 1.75 bits per heavy atom. The van der Waals surface area contributed by atoms with E-state index in [1.807, 2.05) is 13.0 Å². The molecular formula is C12H15NO3. The number of hydrogen-bond acceptors (Lipinski definition) is 4. The quantitative estimate of drug-likeness (QED) is 0.765. The molecular weight excluding hydrogens is 206 g/mol. The van der Waals surface area contributed by atoms with Crippen molar-refractivity contribution >= 4 is 0 Å². The van der Waals surface area contributed by atoms with Crippen molar-refractivity contribution < 1.29 is 14.2 Å². The van der Waals surface area contributed by atoms with Crippen molar-refractivity contribution in [2.24, 2.45) is 0 Å². The lowest BCUT2D eigenvalue weighted by Crippen LogP contribution is -2.01. The first-order chi connectivity index (χ1) is 7.76. The summed E-state index contributed by atoms with van der Waals surface area (Å²) in [4.78, 5) is 0. The summed E-state index contributed by atoms with van der Waals surface area (Å²) < 4.78 is 15.9. The predicted molar refractivity (Wildman–Crippen MR) is 60.0 cm³/mol. The molecule has 1 rings (SSSR count). The van der Waals surface area contributed by atoms with Gasteiger partial charge in [-0.15, -0.1) is 0 Å². The minimum atomic E-state index is 0.484. The third-order valence-electron chi connectivity index (χ3n) is 2.04. The van der Waals surface area contributed by atoms with E-state index >= 15 is 0 Å². The largest absolute Gasteiger partial charge is 0.493 e. The Kier molecular flexibility index (Phi) is 4.46. The summed E-state index contributed by atoms with van der Waals surface area (Å²) >= 11 is 0. The highest BCUT2D eigenvalue weighted by Crippen LogP contribution is 2.38. The lowest BCUT2D eigenvalue weighted by molar-refractivity contribution is 0.274.